The highest BCUT2D eigenvalue weighted by molar-refractivity contribution is 5.96. The summed E-state index contributed by atoms with van der Waals surface area (Å²) in [6.45, 7) is 7.12. The minimum Gasteiger partial charge on any atom is -0.478 e. The van der Waals surface area contributed by atoms with Crippen LogP contribution in [0.2, 0.25) is 0 Å². The van der Waals surface area contributed by atoms with Gasteiger partial charge in [0.2, 0.25) is 0 Å². The first-order valence-electron chi connectivity index (χ1n) is 8.08. The maximum Gasteiger partial charge on any atom is 0.335 e. The summed E-state index contributed by atoms with van der Waals surface area (Å²) in [6.07, 6.45) is 1.61. The van der Waals surface area contributed by atoms with Crippen LogP contribution in [0.5, 0.6) is 0 Å². The number of hydrogen-bond donors (Lipinski definition) is 2. The highest BCUT2D eigenvalue weighted by Gasteiger charge is 2.17. The number of amides is 1. The summed E-state index contributed by atoms with van der Waals surface area (Å²) in [4.78, 5) is 23.2. The number of carboxylic acid groups (broad SMARTS) is 1. The van der Waals surface area contributed by atoms with Crippen LogP contribution < -0.4 is 5.32 Å². The predicted octanol–water partition coefficient (Wildman–Crippen LogP) is 2.58. The summed E-state index contributed by atoms with van der Waals surface area (Å²) in [7, 11) is 0. The van der Waals surface area contributed by atoms with Crippen LogP contribution in [-0.2, 0) is 13.0 Å². The lowest BCUT2D eigenvalue weighted by molar-refractivity contribution is 0.0696. The monoisotopic (exact) mass is 329 g/mol. The number of aromatic nitrogens is 2. The first-order valence-corrected chi connectivity index (χ1v) is 8.08. The Balaban J connectivity index is 1.95. The topological polar surface area (TPSA) is 84.2 Å². The van der Waals surface area contributed by atoms with Crippen LogP contribution in [0.25, 0.3) is 0 Å². The van der Waals surface area contributed by atoms with E-state index in [4.69, 9.17) is 5.11 Å². The molecular weight excluding hydrogens is 306 g/mol. The van der Waals surface area contributed by atoms with E-state index in [9.17, 15) is 9.59 Å². The molecule has 0 bridgehead atoms. The molecule has 0 unspecified atom stereocenters. The molecule has 0 aliphatic heterocycles. The second-order valence-corrected chi connectivity index (χ2v) is 5.78. The van der Waals surface area contributed by atoms with Gasteiger partial charge in [0.05, 0.1) is 16.8 Å². The fraction of sp³-hybridized carbons (Fsp3) is 0.389. The predicted molar refractivity (Wildman–Crippen MR) is 91.4 cm³/mol. The molecule has 1 aromatic carbocycles. The van der Waals surface area contributed by atoms with E-state index in [1.54, 1.807) is 24.3 Å². The van der Waals surface area contributed by atoms with E-state index < -0.39 is 5.97 Å². The van der Waals surface area contributed by atoms with Crippen molar-refractivity contribution in [2.24, 2.45) is 0 Å². The molecule has 0 saturated carbocycles. The number of carbonyl (C=O) groups is 2. The van der Waals surface area contributed by atoms with Gasteiger partial charge in [-0.05, 0) is 44.4 Å². The van der Waals surface area contributed by atoms with Gasteiger partial charge >= 0.3 is 5.97 Å². The average molecular weight is 329 g/mol. The molecule has 2 N–H and O–H groups in total. The molecule has 0 aliphatic rings. The van der Waals surface area contributed by atoms with Crippen molar-refractivity contribution < 1.29 is 14.7 Å². The van der Waals surface area contributed by atoms with Gasteiger partial charge in [-0.1, -0.05) is 19.1 Å². The van der Waals surface area contributed by atoms with Gasteiger partial charge in [0, 0.05) is 18.8 Å². The number of aromatic carboxylic acids is 1. The van der Waals surface area contributed by atoms with Crippen LogP contribution in [0.4, 0.5) is 0 Å². The molecule has 0 aliphatic carbocycles. The lowest BCUT2D eigenvalue weighted by Gasteiger charge is -2.07. The summed E-state index contributed by atoms with van der Waals surface area (Å²) in [6, 6.07) is 6.68. The molecule has 6 nitrogen and oxygen atoms in total. The number of aryl methyl sites for hydroxylation is 2. The third kappa shape index (κ3) is 4.01. The molecule has 1 heterocycles. The van der Waals surface area contributed by atoms with Gasteiger partial charge < -0.3 is 10.4 Å². The second kappa shape index (κ2) is 7.77. The third-order valence-electron chi connectivity index (χ3n) is 3.94. The quantitative estimate of drug-likeness (QED) is 0.818. The van der Waals surface area contributed by atoms with Gasteiger partial charge in [0.15, 0.2) is 0 Å². The molecule has 0 saturated heterocycles. The van der Waals surface area contributed by atoms with Crippen molar-refractivity contribution in [2.75, 3.05) is 6.54 Å². The Hall–Kier alpha value is -2.63. The summed E-state index contributed by atoms with van der Waals surface area (Å²) < 4.78 is 1.87. The van der Waals surface area contributed by atoms with Gasteiger partial charge in [0.25, 0.3) is 5.91 Å². The number of nitrogens with one attached hydrogen (secondary N) is 1. The molecular formula is C18H23N3O3. The molecule has 2 aromatic rings. The number of rotatable bonds is 7. The van der Waals surface area contributed by atoms with E-state index in [0.717, 1.165) is 29.9 Å². The first-order chi connectivity index (χ1) is 11.4. The van der Waals surface area contributed by atoms with Crippen LogP contribution in [0.1, 0.15) is 51.0 Å². The van der Waals surface area contributed by atoms with E-state index in [-0.39, 0.29) is 11.5 Å². The second-order valence-electron chi connectivity index (χ2n) is 5.78. The molecule has 24 heavy (non-hydrogen) atoms. The van der Waals surface area contributed by atoms with Gasteiger partial charge in [-0.25, -0.2) is 4.79 Å². The van der Waals surface area contributed by atoms with Crippen molar-refractivity contribution in [3.05, 3.63) is 52.3 Å². The normalized spacial score (nSPS) is 10.6. The Morgan fingerprint density at radius 3 is 2.46 bits per heavy atom. The molecule has 1 aromatic heterocycles. The standard InChI is InChI=1S/C18H23N3O3/c1-4-11-21-13(3)16(12(2)20-21)17(22)19-10-9-14-5-7-15(8-6-14)18(23)24/h5-8H,4,9-11H2,1-3H3,(H,19,22)(H,23,24). The average Bonchev–Trinajstić information content (AvgIpc) is 2.82. The van der Waals surface area contributed by atoms with E-state index in [1.165, 1.54) is 0 Å². The highest BCUT2D eigenvalue weighted by Crippen LogP contribution is 2.13. The van der Waals surface area contributed by atoms with Crippen molar-refractivity contribution in [3.63, 3.8) is 0 Å². The van der Waals surface area contributed by atoms with Crippen molar-refractivity contribution >= 4 is 11.9 Å². The Morgan fingerprint density at radius 2 is 1.88 bits per heavy atom. The SMILES string of the molecule is CCCn1nc(C)c(C(=O)NCCc2ccc(C(=O)O)cc2)c1C. The maximum absolute atomic E-state index is 12.4. The lowest BCUT2D eigenvalue weighted by atomic mass is 10.1. The zero-order valence-corrected chi connectivity index (χ0v) is 14.3. The minimum absolute atomic E-state index is 0.116. The van der Waals surface area contributed by atoms with Crippen LogP contribution in [-0.4, -0.2) is 33.3 Å². The largest absolute Gasteiger partial charge is 0.478 e. The number of benzene rings is 1. The third-order valence-corrected chi connectivity index (χ3v) is 3.94. The van der Waals surface area contributed by atoms with E-state index >= 15 is 0 Å². The zero-order chi connectivity index (χ0) is 17.7. The number of carboxylic acids is 1. The van der Waals surface area contributed by atoms with Crippen molar-refractivity contribution in [3.8, 4) is 0 Å². The van der Waals surface area contributed by atoms with Gasteiger partial charge in [0.1, 0.15) is 0 Å². The Kier molecular flexibility index (Phi) is 5.73. The van der Waals surface area contributed by atoms with Crippen molar-refractivity contribution in [2.45, 2.75) is 40.2 Å². The molecule has 0 spiro atoms. The van der Waals surface area contributed by atoms with Crippen molar-refractivity contribution in [1.82, 2.24) is 15.1 Å². The highest BCUT2D eigenvalue weighted by atomic mass is 16.4. The van der Waals surface area contributed by atoms with Crippen molar-refractivity contribution in [1.29, 1.82) is 0 Å². The Labute approximate surface area is 141 Å². The van der Waals surface area contributed by atoms with Crippen LogP contribution >= 0.6 is 0 Å². The van der Waals surface area contributed by atoms with E-state index in [1.807, 2.05) is 18.5 Å². The van der Waals surface area contributed by atoms with Gasteiger partial charge in [-0.15, -0.1) is 0 Å². The minimum atomic E-state index is -0.940. The van der Waals surface area contributed by atoms with Crippen LogP contribution in [0.15, 0.2) is 24.3 Å². The first kappa shape index (κ1) is 17.7. The summed E-state index contributed by atoms with van der Waals surface area (Å²) in [5.74, 6) is -1.06. The molecule has 2 rings (SSSR count). The number of carbonyl (C=O) groups excluding carboxylic acids is 1. The zero-order valence-electron chi connectivity index (χ0n) is 14.3. The van der Waals surface area contributed by atoms with Gasteiger partial charge in [-0.2, -0.15) is 5.10 Å². The lowest BCUT2D eigenvalue weighted by Crippen LogP contribution is -2.26. The van der Waals surface area contributed by atoms with Crippen LogP contribution in [0.3, 0.4) is 0 Å². The molecule has 1 amide bonds. The summed E-state index contributed by atoms with van der Waals surface area (Å²) in [5.41, 5.74) is 3.51. The fourth-order valence-corrected chi connectivity index (χ4v) is 2.68. The molecule has 0 atom stereocenters. The number of nitrogens with zero attached hydrogens (tertiary/aromatic N) is 2. The number of hydrogen-bond acceptors (Lipinski definition) is 3. The summed E-state index contributed by atoms with van der Waals surface area (Å²) >= 11 is 0. The summed E-state index contributed by atoms with van der Waals surface area (Å²) in [5, 5.41) is 16.2. The van der Waals surface area contributed by atoms with E-state index in [2.05, 4.69) is 17.3 Å². The van der Waals surface area contributed by atoms with Crippen LogP contribution in [0, 0.1) is 13.8 Å². The fourth-order valence-electron chi connectivity index (χ4n) is 2.68. The molecule has 0 fully saturated rings. The molecule has 0 radical (unpaired) electrons. The van der Waals surface area contributed by atoms with Gasteiger partial charge in [-0.3, -0.25) is 9.48 Å². The molecule has 128 valence electrons. The maximum atomic E-state index is 12.4. The van der Waals surface area contributed by atoms with E-state index in [0.29, 0.717) is 18.5 Å². The Bertz CT molecular complexity index is 733. The Morgan fingerprint density at radius 1 is 1.21 bits per heavy atom. The molecule has 6 heteroatoms. The smallest absolute Gasteiger partial charge is 0.335 e.